The van der Waals surface area contributed by atoms with E-state index in [1.54, 1.807) is 14.2 Å². The fourth-order valence-corrected chi connectivity index (χ4v) is 8.00. The van der Waals surface area contributed by atoms with E-state index < -0.39 is 11.8 Å². The predicted octanol–water partition coefficient (Wildman–Crippen LogP) is 3.99. The van der Waals surface area contributed by atoms with E-state index in [-0.39, 0.29) is 38.1 Å². The van der Waals surface area contributed by atoms with Gasteiger partial charge in [-0.3, -0.25) is 9.80 Å². The van der Waals surface area contributed by atoms with Crippen LogP contribution >= 0.6 is 0 Å². The van der Waals surface area contributed by atoms with Gasteiger partial charge in [-0.2, -0.15) is 5.10 Å². The molecule has 0 saturated carbocycles. The molecular formula is C46H62N2O15. The van der Waals surface area contributed by atoms with Gasteiger partial charge in [-0.15, -0.1) is 0 Å². The van der Waals surface area contributed by atoms with E-state index in [9.17, 15) is 9.90 Å². The van der Waals surface area contributed by atoms with E-state index >= 15 is 0 Å². The largest absolute Gasteiger partial charge is 0.497 e. The molecule has 2 aliphatic heterocycles. The highest BCUT2D eigenvalue weighted by atomic mass is 16.7. The van der Waals surface area contributed by atoms with Gasteiger partial charge < -0.3 is 67.1 Å². The molecule has 17 nitrogen and oxygen atoms in total. The summed E-state index contributed by atoms with van der Waals surface area (Å²) in [7, 11) is 4.73. The number of ketones is 1. The number of hydrogen-bond acceptors (Lipinski definition) is 17. The minimum Gasteiger partial charge on any atom is -0.497 e. The molecule has 0 amide bonds. The predicted molar refractivity (Wildman–Crippen MR) is 231 cm³/mol. The Balaban J connectivity index is 1.00. The zero-order valence-electron chi connectivity index (χ0n) is 36.6. The molecule has 0 saturated heterocycles. The van der Waals surface area contributed by atoms with Gasteiger partial charge in [-0.25, -0.2) is 0 Å². The lowest BCUT2D eigenvalue weighted by molar-refractivity contribution is -0.124. The molecule has 2 heterocycles. The van der Waals surface area contributed by atoms with Gasteiger partial charge in [0.05, 0.1) is 138 Å². The monoisotopic (exact) mass is 882 g/mol. The van der Waals surface area contributed by atoms with Crippen molar-refractivity contribution in [1.29, 1.82) is 0 Å². The third-order valence-corrected chi connectivity index (χ3v) is 10.9. The number of benzene rings is 3. The van der Waals surface area contributed by atoms with Crippen LogP contribution in [0, 0.1) is 11.8 Å². The van der Waals surface area contributed by atoms with Crippen LogP contribution in [0.5, 0.6) is 28.7 Å². The van der Waals surface area contributed by atoms with E-state index in [0.717, 1.165) is 33.8 Å². The Bertz CT molecular complexity index is 1870. The quantitative estimate of drug-likeness (QED) is 0.0884. The van der Waals surface area contributed by atoms with Crippen LogP contribution in [-0.4, -0.2) is 155 Å². The summed E-state index contributed by atoms with van der Waals surface area (Å²) in [4.78, 5) is 14.8. The molecule has 3 aromatic carbocycles. The number of rotatable bonds is 31. The van der Waals surface area contributed by atoms with Crippen molar-refractivity contribution >= 4 is 17.2 Å². The normalized spacial score (nSPS) is 17.4. The first-order chi connectivity index (χ1) is 31.0. The minimum atomic E-state index is -0.522. The van der Waals surface area contributed by atoms with E-state index in [1.807, 2.05) is 53.5 Å². The van der Waals surface area contributed by atoms with Crippen LogP contribution in [0.3, 0.4) is 0 Å². The molecule has 0 spiro atoms. The standard InChI is InChI=1S/C46H62N2O15/c1-52-35-8-6-34(7-9-35)48-29-38-44(39(51)5-4-11-55-13-15-57-17-19-59-21-23-61-24-22-60-20-18-58-16-14-56-12-10-49)43(32-25-33(30-50)46(54-3)42(26-32)53-2)36-27-40-41(63-31-62-40)28-37(36)45(38)47-48/h6-9,25-28,38,43-44,49-50H,4-5,10-24,29-31H2,1-3H3/t38-,43+,44+/m0/s1. The number of nitrogens with zero attached hydrogens (tertiary/aromatic N) is 2. The second kappa shape index (κ2) is 25.7. The van der Waals surface area contributed by atoms with E-state index in [4.69, 9.17) is 67.1 Å². The van der Waals surface area contributed by atoms with Gasteiger partial charge in [0.15, 0.2) is 23.0 Å². The Morgan fingerprint density at radius 2 is 1.27 bits per heavy atom. The molecule has 3 aromatic rings. The highest BCUT2D eigenvalue weighted by molar-refractivity contribution is 6.10. The number of aliphatic hydroxyl groups is 2. The maximum absolute atomic E-state index is 14.8. The molecule has 17 heteroatoms. The fraction of sp³-hybridized carbons (Fsp3) is 0.565. The molecule has 0 aromatic heterocycles. The lowest BCUT2D eigenvalue weighted by Gasteiger charge is -2.38. The van der Waals surface area contributed by atoms with Gasteiger partial charge in [0.1, 0.15) is 11.5 Å². The number of ether oxygens (including phenoxy) is 12. The molecular weight excluding hydrogens is 821 g/mol. The Morgan fingerprint density at radius 3 is 1.81 bits per heavy atom. The zero-order chi connectivity index (χ0) is 44.2. The Hall–Kier alpha value is -4.56. The van der Waals surface area contributed by atoms with Crippen LogP contribution in [-0.2, 0) is 44.6 Å². The summed E-state index contributed by atoms with van der Waals surface area (Å²) in [6.45, 7) is 6.35. The zero-order valence-corrected chi connectivity index (χ0v) is 36.6. The number of hydrogen-bond donors (Lipinski definition) is 2. The smallest absolute Gasteiger partial charge is 0.231 e. The van der Waals surface area contributed by atoms with E-state index in [1.165, 1.54) is 7.11 Å². The number of carbonyl (C=O) groups excluding carboxylic acids is 1. The van der Waals surface area contributed by atoms with Gasteiger partial charge in [0.2, 0.25) is 6.79 Å². The third kappa shape index (κ3) is 13.0. The molecule has 63 heavy (non-hydrogen) atoms. The van der Waals surface area contributed by atoms with E-state index in [0.29, 0.717) is 134 Å². The van der Waals surface area contributed by atoms with Crippen molar-refractivity contribution in [3.63, 3.8) is 0 Å². The average molecular weight is 883 g/mol. The fourth-order valence-electron chi connectivity index (χ4n) is 8.00. The minimum absolute atomic E-state index is 0.00699. The number of hydrazone groups is 1. The second-order valence-electron chi connectivity index (χ2n) is 14.8. The molecule has 1 aliphatic carbocycles. The van der Waals surface area contributed by atoms with Crippen molar-refractivity contribution in [2.24, 2.45) is 16.9 Å². The first-order valence-electron chi connectivity index (χ1n) is 21.5. The molecule has 3 aliphatic rings. The average Bonchev–Trinajstić information content (AvgIpc) is 3.98. The summed E-state index contributed by atoms with van der Waals surface area (Å²) in [6.07, 6.45) is 0.808. The summed E-state index contributed by atoms with van der Waals surface area (Å²) in [6, 6.07) is 15.4. The third-order valence-electron chi connectivity index (χ3n) is 10.9. The van der Waals surface area contributed by atoms with Crippen LogP contribution in [0.25, 0.3) is 0 Å². The van der Waals surface area contributed by atoms with Crippen LogP contribution in [0.1, 0.15) is 41.0 Å². The topological polar surface area (TPSA) is 184 Å². The van der Waals surface area contributed by atoms with E-state index in [2.05, 4.69) is 0 Å². The van der Waals surface area contributed by atoms with Crippen molar-refractivity contribution in [3.8, 4) is 28.7 Å². The summed E-state index contributed by atoms with van der Waals surface area (Å²) >= 11 is 0. The van der Waals surface area contributed by atoms with Gasteiger partial charge in [-0.1, -0.05) is 0 Å². The maximum Gasteiger partial charge on any atom is 0.231 e. The van der Waals surface area contributed by atoms with Crippen LogP contribution in [0.2, 0.25) is 0 Å². The lowest BCUT2D eigenvalue weighted by atomic mass is 9.63. The second-order valence-corrected chi connectivity index (χ2v) is 14.8. The number of carbonyl (C=O) groups is 1. The molecule has 346 valence electrons. The Labute approximate surface area is 368 Å². The van der Waals surface area contributed by atoms with Gasteiger partial charge in [0.25, 0.3) is 0 Å². The van der Waals surface area contributed by atoms with Crippen LogP contribution in [0.4, 0.5) is 5.69 Å². The van der Waals surface area contributed by atoms with Crippen molar-refractivity contribution in [2.75, 3.05) is 139 Å². The molecule has 0 bridgehead atoms. The highest BCUT2D eigenvalue weighted by Crippen LogP contribution is 2.52. The molecule has 0 unspecified atom stereocenters. The number of methoxy groups -OCH3 is 3. The number of aliphatic hydroxyl groups excluding tert-OH is 2. The van der Waals surface area contributed by atoms with Crippen LogP contribution < -0.4 is 28.7 Å². The summed E-state index contributed by atoms with van der Waals surface area (Å²) < 4.78 is 67.1. The molecule has 2 N–H and O–H groups in total. The van der Waals surface area contributed by atoms with Crippen molar-refractivity contribution in [2.45, 2.75) is 25.4 Å². The van der Waals surface area contributed by atoms with Crippen molar-refractivity contribution in [3.05, 3.63) is 70.8 Å². The van der Waals surface area contributed by atoms with Crippen LogP contribution in [0.15, 0.2) is 53.6 Å². The highest BCUT2D eigenvalue weighted by Gasteiger charge is 2.49. The molecule has 6 rings (SSSR count). The summed E-state index contributed by atoms with van der Waals surface area (Å²) in [5.74, 6) is 1.71. The summed E-state index contributed by atoms with van der Waals surface area (Å²) in [5, 5.41) is 26.2. The number of Topliss-reactive ketones (excluding diaryl/α,β-unsaturated/α-hetero) is 1. The van der Waals surface area contributed by atoms with Crippen molar-refractivity contribution in [1.82, 2.24) is 0 Å². The Kier molecular flexibility index (Phi) is 19.5. The Morgan fingerprint density at radius 1 is 0.698 bits per heavy atom. The SMILES string of the molecule is COc1ccc(N2C[C@@H]3C(=N2)c2cc4c(cc2[C@@H](c2cc(CO)c(OC)c(OC)c2)[C@H]3C(=O)CCCOCCOCCOCCOCCOCCOCCOCCO)OCO4)cc1. The van der Waals surface area contributed by atoms with Gasteiger partial charge in [0, 0.05) is 41.9 Å². The molecule has 0 fully saturated rings. The van der Waals surface area contributed by atoms with Crippen molar-refractivity contribution < 1.29 is 71.8 Å². The first kappa shape index (κ1) is 47.9. The number of fused-ring (bicyclic) bond motifs is 4. The maximum atomic E-state index is 14.8. The molecule has 0 radical (unpaired) electrons. The summed E-state index contributed by atoms with van der Waals surface area (Å²) in [5.41, 5.74) is 4.81. The van der Waals surface area contributed by atoms with Gasteiger partial charge >= 0.3 is 0 Å². The lowest BCUT2D eigenvalue weighted by Crippen LogP contribution is -2.41. The first-order valence-corrected chi connectivity index (χ1v) is 21.5. The van der Waals surface area contributed by atoms with Gasteiger partial charge in [-0.05, 0) is 66.1 Å². The molecule has 3 atom stereocenters. The number of anilines is 1.